The summed E-state index contributed by atoms with van der Waals surface area (Å²) in [6.45, 7) is 0.182. The van der Waals surface area contributed by atoms with Gasteiger partial charge in [-0.2, -0.15) is 0 Å². The number of rotatable bonds is 4. The van der Waals surface area contributed by atoms with Crippen LogP contribution in [-0.2, 0) is 26.2 Å². The molecule has 3 amide bonds. The highest BCUT2D eigenvalue weighted by Gasteiger charge is 2.39. The van der Waals surface area contributed by atoms with E-state index in [0.717, 1.165) is 18.2 Å². The first-order chi connectivity index (χ1) is 14.2. The summed E-state index contributed by atoms with van der Waals surface area (Å²) < 4.78 is 40.8. The maximum absolute atomic E-state index is 13.3. The van der Waals surface area contributed by atoms with Gasteiger partial charge in [0.2, 0.25) is 11.8 Å². The molecule has 2 aromatic carbocycles. The number of hydrogen-bond acceptors (Lipinski definition) is 5. The van der Waals surface area contributed by atoms with Crippen molar-refractivity contribution in [2.75, 3.05) is 4.72 Å². The van der Waals surface area contributed by atoms with Crippen molar-refractivity contribution in [3.8, 4) is 0 Å². The third-order valence-corrected chi connectivity index (χ3v) is 6.65. The predicted molar refractivity (Wildman–Crippen MR) is 105 cm³/mol. The SMILES string of the molecule is O=C1CCC(N2Cc3ccc(NS(=O)(=O)c4ccc(F)c(Cl)c4)cc3C2=O)C(=O)N1. The minimum absolute atomic E-state index is 0.132. The second-order valence-corrected chi connectivity index (χ2v) is 9.04. The highest BCUT2D eigenvalue weighted by molar-refractivity contribution is 7.92. The fourth-order valence-corrected chi connectivity index (χ4v) is 4.80. The molecule has 8 nitrogen and oxygen atoms in total. The Morgan fingerprint density at radius 3 is 2.60 bits per heavy atom. The van der Waals surface area contributed by atoms with Gasteiger partial charge in [-0.15, -0.1) is 0 Å². The molecule has 11 heteroatoms. The number of halogens is 2. The monoisotopic (exact) mass is 451 g/mol. The Labute approximate surface area is 176 Å². The lowest BCUT2D eigenvalue weighted by Gasteiger charge is -2.29. The number of nitrogens with zero attached hydrogens (tertiary/aromatic N) is 1. The van der Waals surface area contributed by atoms with E-state index in [1.54, 1.807) is 6.07 Å². The number of sulfonamides is 1. The highest BCUT2D eigenvalue weighted by Crippen LogP contribution is 2.30. The molecule has 2 aromatic rings. The molecule has 0 saturated carbocycles. The summed E-state index contributed by atoms with van der Waals surface area (Å²) in [5.74, 6) is -2.07. The number of hydrogen-bond donors (Lipinski definition) is 2. The van der Waals surface area contributed by atoms with Crippen molar-refractivity contribution in [3.63, 3.8) is 0 Å². The molecule has 0 bridgehead atoms. The van der Waals surface area contributed by atoms with Gasteiger partial charge in [-0.25, -0.2) is 12.8 Å². The van der Waals surface area contributed by atoms with Crippen molar-refractivity contribution in [1.82, 2.24) is 10.2 Å². The minimum Gasteiger partial charge on any atom is -0.322 e. The van der Waals surface area contributed by atoms with Crippen LogP contribution in [0.15, 0.2) is 41.3 Å². The highest BCUT2D eigenvalue weighted by atomic mass is 35.5. The van der Waals surface area contributed by atoms with Crippen LogP contribution >= 0.6 is 11.6 Å². The topological polar surface area (TPSA) is 113 Å². The van der Waals surface area contributed by atoms with Gasteiger partial charge in [0.1, 0.15) is 11.9 Å². The Balaban J connectivity index is 1.57. The van der Waals surface area contributed by atoms with Gasteiger partial charge in [-0.1, -0.05) is 17.7 Å². The maximum atomic E-state index is 13.3. The average Bonchev–Trinajstić information content (AvgIpc) is 3.00. The number of piperidine rings is 1. The van der Waals surface area contributed by atoms with Crippen molar-refractivity contribution in [3.05, 3.63) is 58.4 Å². The first kappa shape index (κ1) is 20.3. The molecule has 4 rings (SSSR count). The summed E-state index contributed by atoms with van der Waals surface area (Å²) in [4.78, 5) is 37.4. The second-order valence-electron chi connectivity index (χ2n) is 6.95. The molecule has 156 valence electrons. The number of fused-ring (bicyclic) bond motifs is 1. The number of carbonyl (C=O) groups excluding carboxylic acids is 3. The molecular weight excluding hydrogens is 437 g/mol. The Kier molecular flexibility index (Phi) is 4.99. The van der Waals surface area contributed by atoms with E-state index in [0.29, 0.717) is 5.56 Å². The van der Waals surface area contributed by atoms with Gasteiger partial charge in [-0.05, 0) is 42.3 Å². The van der Waals surface area contributed by atoms with Crippen LogP contribution in [0.1, 0.15) is 28.8 Å². The normalized spacial score (nSPS) is 18.9. The number of benzene rings is 2. The van der Waals surface area contributed by atoms with Crippen LogP contribution in [0.2, 0.25) is 5.02 Å². The lowest BCUT2D eigenvalue weighted by Crippen LogP contribution is -2.52. The van der Waals surface area contributed by atoms with Gasteiger partial charge < -0.3 is 4.90 Å². The maximum Gasteiger partial charge on any atom is 0.261 e. The van der Waals surface area contributed by atoms with E-state index in [1.807, 2.05) is 0 Å². The molecular formula is C19H15ClFN3O5S. The Hall–Kier alpha value is -2.98. The number of carbonyl (C=O) groups is 3. The fraction of sp³-hybridized carbons (Fsp3) is 0.211. The van der Waals surface area contributed by atoms with Crippen LogP contribution in [0.4, 0.5) is 10.1 Å². The molecule has 2 heterocycles. The van der Waals surface area contributed by atoms with Crippen molar-refractivity contribution in [2.24, 2.45) is 0 Å². The smallest absolute Gasteiger partial charge is 0.261 e. The van der Waals surface area contributed by atoms with E-state index in [9.17, 15) is 27.2 Å². The molecule has 1 unspecified atom stereocenters. The first-order valence-corrected chi connectivity index (χ1v) is 10.8. The van der Waals surface area contributed by atoms with Crippen LogP contribution in [0, 0.1) is 5.82 Å². The molecule has 1 fully saturated rings. The van der Waals surface area contributed by atoms with Gasteiger partial charge in [-0.3, -0.25) is 24.4 Å². The van der Waals surface area contributed by atoms with Crippen LogP contribution in [-0.4, -0.2) is 37.1 Å². The van der Waals surface area contributed by atoms with E-state index in [-0.39, 0.29) is 46.5 Å². The van der Waals surface area contributed by atoms with Gasteiger partial charge in [0.25, 0.3) is 15.9 Å². The lowest BCUT2D eigenvalue weighted by atomic mass is 10.0. The molecule has 0 aromatic heterocycles. The zero-order valence-electron chi connectivity index (χ0n) is 15.3. The van der Waals surface area contributed by atoms with E-state index in [1.165, 1.54) is 17.0 Å². The summed E-state index contributed by atoms with van der Waals surface area (Å²) in [6, 6.07) is 6.71. The lowest BCUT2D eigenvalue weighted by molar-refractivity contribution is -0.136. The average molecular weight is 452 g/mol. The largest absolute Gasteiger partial charge is 0.322 e. The number of imide groups is 1. The van der Waals surface area contributed by atoms with Crippen molar-refractivity contribution >= 4 is 45.0 Å². The van der Waals surface area contributed by atoms with E-state index < -0.39 is 33.7 Å². The molecule has 1 saturated heterocycles. The quantitative estimate of drug-likeness (QED) is 0.691. The number of amides is 3. The minimum atomic E-state index is -4.06. The third-order valence-electron chi connectivity index (χ3n) is 4.98. The van der Waals surface area contributed by atoms with Crippen LogP contribution in [0.3, 0.4) is 0 Å². The number of nitrogens with one attached hydrogen (secondary N) is 2. The summed E-state index contributed by atoms with van der Waals surface area (Å²) in [5, 5.41) is 1.89. The summed E-state index contributed by atoms with van der Waals surface area (Å²) >= 11 is 5.66. The first-order valence-electron chi connectivity index (χ1n) is 8.91. The number of anilines is 1. The van der Waals surface area contributed by atoms with Gasteiger partial charge >= 0.3 is 0 Å². The van der Waals surface area contributed by atoms with Crippen molar-refractivity contribution in [2.45, 2.75) is 30.3 Å². The van der Waals surface area contributed by atoms with Gasteiger partial charge in [0, 0.05) is 24.2 Å². The van der Waals surface area contributed by atoms with Crippen molar-refractivity contribution in [1.29, 1.82) is 0 Å². The molecule has 2 aliphatic heterocycles. The van der Waals surface area contributed by atoms with Crippen molar-refractivity contribution < 1.29 is 27.2 Å². The molecule has 0 aliphatic carbocycles. The zero-order chi connectivity index (χ0) is 21.6. The molecule has 2 N–H and O–H groups in total. The molecule has 30 heavy (non-hydrogen) atoms. The summed E-state index contributed by atoms with van der Waals surface area (Å²) in [5.41, 5.74) is 1.03. The second kappa shape index (κ2) is 7.37. The summed E-state index contributed by atoms with van der Waals surface area (Å²) in [7, 11) is -4.06. The third kappa shape index (κ3) is 3.63. The standard InChI is InChI=1S/C19H15ClFN3O5S/c20-14-8-12(3-4-15(14)21)30(28,29)23-11-2-1-10-9-24(19(27)13(10)7-11)16-5-6-17(25)22-18(16)26/h1-4,7-8,16,23H,5-6,9H2,(H,22,25,26). The van der Waals surface area contributed by atoms with E-state index in [4.69, 9.17) is 11.6 Å². The molecule has 2 aliphatic rings. The Morgan fingerprint density at radius 2 is 1.90 bits per heavy atom. The molecule has 1 atom stereocenters. The molecule has 0 radical (unpaired) electrons. The zero-order valence-corrected chi connectivity index (χ0v) is 16.9. The van der Waals surface area contributed by atoms with Gasteiger partial charge in [0.15, 0.2) is 0 Å². The van der Waals surface area contributed by atoms with Gasteiger partial charge in [0.05, 0.1) is 9.92 Å². The fourth-order valence-electron chi connectivity index (χ4n) is 3.48. The molecule has 0 spiro atoms. The Morgan fingerprint density at radius 1 is 1.13 bits per heavy atom. The van der Waals surface area contributed by atoms with E-state index >= 15 is 0 Å². The summed E-state index contributed by atoms with van der Waals surface area (Å²) in [6.07, 6.45) is 0.372. The van der Waals surface area contributed by atoms with E-state index in [2.05, 4.69) is 10.0 Å². The van der Waals surface area contributed by atoms with Crippen LogP contribution < -0.4 is 10.0 Å². The Bertz CT molecular complexity index is 1200. The van der Waals surface area contributed by atoms with Crippen LogP contribution in [0.5, 0.6) is 0 Å². The predicted octanol–water partition coefficient (Wildman–Crippen LogP) is 2.04. The van der Waals surface area contributed by atoms with Crippen LogP contribution in [0.25, 0.3) is 0 Å².